The Morgan fingerprint density at radius 2 is 1.26 bits per heavy atom. The van der Waals surface area contributed by atoms with Crippen LogP contribution in [0.2, 0.25) is 0 Å². The number of Topliss-reactive ketones (excluding diaryl/α,β-unsaturated/α-hetero) is 1. The monoisotopic (exact) mass is 356 g/mol. The maximum absolute atomic E-state index is 13.5. The van der Waals surface area contributed by atoms with Gasteiger partial charge in [-0.15, -0.1) is 0 Å². The normalized spacial score (nSPS) is 22.1. The van der Waals surface area contributed by atoms with Crippen LogP contribution in [-0.4, -0.2) is 11.8 Å². The summed E-state index contributed by atoms with van der Waals surface area (Å²) in [6.45, 7) is 0. The Balaban J connectivity index is 1.81. The fraction of sp³-hybridized carbons (Fsp3) is 0.167. The molecule has 1 aliphatic rings. The fourth-order valence-corrected chi connectivity index (χ4v) is 3.84. The summed E-state index contributed by atoms with van der Waals surface area (Å²) in [4.78, 5) is 25.9. The van der Waals surface area contributed by atoms with Crippen LogP contribution in [0.1, 0.15) is 39.9 Å². The van der Waals surface area contributed by atoms with Crippen LogP contribution in [0.3, 0.4) is 0 Å². The molecule has 3 nitrogen and oxygen atoms in total. The quantitative estimate of drug-likeness (QED) is 0.490. The maximum atomic E-state index is 13.5. The molecule has 3 heteroatoms. The van der Waals surface area contributed by atoms with E-state index in [0.29, 0.717) is 5.56 Å². The number of carbonyl (C=O) groups is 2. The topological polar surface area (TPSA) is 43.4 Å². The van der Waals surface area contributed by atoms with Crippen molar-refractivity contribution < 1.29 is 14.3 Å². The summed E-state index contributed by atoms with van der Waals surface area (Å²) >= 11 is 0. The minimum Gasteiger partial charge on any atom is -0.457 e. The first-order valence-electron chi connectivity index (χ1n) is 9.12. The highest BCUT2D eigenvalue weighted by Gasteiger charge is 2.44. The number of benzene rings is 3. The molecule has 1 aliphatic heterocycles. The summed E-state index contributed by atoms with van der Waals surface area (Å²) in [5.41, 5.74) is 2.48. The zero-order chi connectivity index (χ0) is 18.6. The smallest absolute Gasteiger partial charge is 0.307 e. The van der Waals surface area contributed by atoms with Crippen LogP contribution in [0, 0.1) is 5.92 Å². The van der Waals surface area contributed by atoms with Gasteiger partial charge < -0.3 is 4.74 Å². The molecule has 1 heterocycles. The Morgan fingerprint density at radius 1 is 0.741 bits per heavy atom. The highest BCUT2D eigenvalue weighted by atomic mass is 16.5. The number of rotatable bonds is 4. The average molecular weight is 356 g/mol. The first kappa shape index (κ1) is 17.2. The van der Waals surface area contributed by atoms with E-state index in [-0.39, 0.29) is 24.1 Å². The van der Waals surface area contributed by atoms with Gasteiger partial charge in [0, 0.05) is 11.5 Å². The summed E-state index contributed by atoms with van der Waals surface area (Å²) in [6, 6.07) is 28.6. The average Bonchev–Trinajstić information content (AvgIpc) is 2.74. The Labute approximate surface area is 158 Å². The van der Waals surface area contributed by atoms with Gasteiger partial charge in [-0.05, 0) is 11.1 Å². The van der Waals surface area contributed by atoms with Crippen LogP contribution >= 0.6 is 0 Å². The first-order valence-corrected chi connectivity index (χ1v) is 9.12. The molecule has 0 N–H and O–H groups in total. The second-order valence-electron chi connectivity index (χ2n) is 6.80. The zero-order valence-corrected chi connectivity index (χ0v) is 14.8. The Hall–Kier alpha value is -3.20. The highest BCUT2D eigenvalue weighted by molar-refractivity contribution is 5.99. The van der Waals surface area contributed by atoms with E-state index in [4.69, 9.17) is 4.74 Å². The number of ketones is 1. The van der Waals surface area contributed by atoms with Crippen LogP contribution < -0.4 is 0 Å². The van der Waals surface area contributed by atoms with Crippen molar-refractivity contribution in [2.24, 2.45) is 5.92 Å². The molecular weight excluding hydrogens is 336 g/mol. The zero-order valence-electron chi connectivity index (χ0n) is 14.8. The van der Waals surface area contributed by atoms with Gasteiger partial charge in [0.25, 0.3) is 0 Å². The van der Waals surface area contributed by atoms with Crippen molar-refractivity contribution in [2.75, 3.05) is 0 Å². The van der Waals surface area contributed by atoms with Crippen molar-refractivity contribution in [3.63, 3.8) is 0 Å². The second-order valence-corrected chi connectivity index (χ2v) is 6.80. The van der Waals surface area contributed by atoms with E-state index < -0.39 is 12.0 Å². The number of hydrogen-bond acceptors (Lipinski definition) is 3. The van der Waals surface area contributed by atoms with Gasteiger partial charge in [-0.2, -0.15) is 0 Å². The summed E-state index contributed by atoms with van der Waals surface area (Å²) in [5.74, 6) is -0.944. The molecule has 0 radical (unpaired) electrons. The predicted molar refractivity (Wildman–Crippen MR) is 103 cm³/mol. The van der Waals surface area contributed by atoms with Gasteiger partial charge in [-0.1, -0.05) is 91.0 Å². The maximum Gasteiger partial charge on any atom is 0.307 e. The summed E-state index contributed by atoms with van der Waals surface area (Å²) in [6.07, 6.45) is -0.387. The molecule has 0 spiro atoms. The Morgan fingerprint density at radius 3 is 1.85 bits per heavy atom. The number of ether oxygens (including phenoxy) is 1. The van der Waals surface area contributed by atoms with Crippen LogP contribution in [0.15, 0.2) is 91.0 Å². The Bertz CT molecular complexity index is 868. The van der Waals surface area contributed by atoms with E-state index in [1.165, 1.54) is 0 Å². The van der Waals surface area contributed by atoms with Crippen molar-refractivity contribution in [3.8, 4) is 0 Å². The molecule has 27 heavy (non-hydrogen) atoms. The van der Waals surface area contributed by atoms with Crippen LogP contribution in [0.25, 0.3) is 0 Å². The fourth-order valence-electron chi connectivity index (χ4n) is 3.84. The van der Waals surface area contributed by atoms with Gasteiger partial charge in [0.15, 0.2) is 5.78 Å². The van der Waals surface area contributed by atoms with Crippen molar-refractivity contribution >= 4 is 11.8 Å². The molecule has 0 aliphatic carbocycles. The largest absolute Gasteiger partial charge is 0.457 e. The van der Waals surface area contributed by atoms with Gasteiger partial charge >= 0.3 is 5.97 Å². The molecule has 3 aromatic rings. The highest BCUT2D eigenvalue weighted by Crippen LogP contribution is 2.44. The number of hydrogen-bond donors (Lipinski definition) is 0. The minimum absolute atomic E-state index is 0.00538. The van der Waals surface area contributed by atoms with E-state index in [1.54, 1.807) is 0 Å². The summed E-state index contributed by atoms with van der Waals surface area (Å²) in [7, 11) is 0. The van der Waals surface area contributed by atoms with Crippen molar-refractivity contribution in [3.05, 3.63) is 108 Å². The van der Waals surface area contributed by atoms with Crippen molar-refractivity contribution in [2.45, 2.75) is 18.4 Å². The molecule has 0 bridgehead atoms. The lowest BCUT2D eigenvalue weighted by molar-refractivity contribution is -0.158. The minimum atomic E-state index is -0.592. The molecule has 1 fully saturated rings. The van der Waals surface area contributed by atoms with Gasteiger partial charge in [-0.3, -0.25) is 9.59 Å². The van der Waals surface area contributed by atoms with E-state index >= 15 is 0 Å². The molecule has 4 rings (SSSR count). The summed E-state index contributed by atoms with van der Waals surface area (Å²) < 4.78 is 5.72. The number of esters is 1. The molecule has 134 valence electrons. The third kappa shape index (κ3) is 3.54. The molecule has 0 aromatic heterocycles. The molecule has 0 saturated carbocycles. The number of carbonyl (C=O) groups excluding carboxylic acids is 2. The second kappa shape index (κ2) is 7.58. The third-order valence-electron chi connectivity index (χ3n) is 5.12. The Kier molecular flexibility index (Phi) is 4.84. The molecule has 3 aromatic carbocycles. The van der Waals surface area contributed by atoms with Crippen molar-refractivity contribution in [1.82, 2.24) is 0 Å². The van der Waals surface area contributed by atoms with Crippen LogP contribution in [-0.2, 0) is 9.53 Å². The lowest BCUT2D eigenvalue weighted by atomic mass is 9.73. The molecule has 3 atom stereocenters. The van der Waals surface area contributed by atoms with Gasteiger partial charge in [0.2, 0.25) is 0 Å². The van der Waals surface area contributed by atoms with Crippen molar-refractivity contribution in [1.29, 1.82) is 0 Å². The first-order chi connectivity index (χ1) is 13.2. The SMILES string of the molecule is O=C1C[C@H](c2ccccc2)[C@@H](C(=O)c2ccccc2)[C@H](c2ccccc2)O1. The standard InChI is InChI=1S/C24H20O3/c25-21-16-20(17-10-4-1-5-11-17)22(23(26)18-12-6-2-7-13-18)24(27-21)19-14-8-3-9-15-19/h1-15,20,22,24H,16H2/t20-,22+,24+/m1/s1. The molecular formula is C24H20O3. The van der Waals surface area contributed by atoms with Crippen LogP contribution in [0.4, 0.5) is 0 Å². The van der Waals surface area contributed by atoms with E-state index in [1.807, 2.05) is 91.0 Å². The predicted octanol–water partition coefficient (Wildman–Crippen LogP) is 4.96. The summed E-state index contributed by atoms with van der Waals surface area (Å²) in [5, 5.41) is 0. The van der Waals surface area contributed by atoms with E-state index in [2.05, 4.69) is 0 Å². The molecule has 0 amide bonds. The van der Waals surface area contributed by atoms with Gasteiger partial charge in [-0.25, -0.2) is 0 Å². The third-order valence-corrected chi connectivity index (χ3v) is 5.12. The van der Waals surface area contributed by atoms with Crippen LogP contribution in [0.5, 0.6) is 0 Å². The van der Waals surface area contributed by atoms with E-state index in [9.17, 15) is 9.59 Å². The molecule has 0 unspecified atom stereocenters. The lowest BCUT2D eigenvalue weighted by Crippen LogP contribution is -2.37. The van der Waals surface area contributed by atoms with Gasteiger partial charge in [0.1, 0.15) is 6.10 Å². The van der Waals surface area contributed by atoms with Gasteiger partial charge in [0.05, 0.1) is 12.3 Å². The number of cyclic esters (lactones) is 1. The van der Waals surface area contributed by atoms with E-state index in [0.717, 1.165) is 11.1 Å². The molecule has 1 saturated heterocycles. The lowest BCUT2D eigenvalue weighted by Gasteiger charge is -2.37.